The fourth-order valence-electron chi connectivity index (χ4n) is 1.74. The molecule has 0 radical (unpaired) electrons. The highest BCUT2D eigenvalue weighted by Crippen LogP contribution is 2.28. The number of hydrogen-bond donors (Lipinski definition) is 1. The summed E-state index contributed by atoms with van der Waals surface area (Å²) in [5.74, 6) is -0.786. The van der Waals surface area contributed by atoms with Gasteiger partial charge in [0.2, 0.25) is 0 Å². The van der Waals surface area contributed by atoms with Crippen molar-refractivity contribution in [1.29, 1.82) is 0 Å². The van der Waals surface area contributed by atoms with Gasteiger partial charge in [0.15, 0.2) is 0 Å². The number of nitrogens with zero attached hydrogens (tertiary/aromatic N) is 1. The molecule has 0 aliphatic heterocycles. The first-order valence-electron chi connectivity index (χ1n) is 6.32. The van der Waals surface area contributed by atoms with Gasteiger partial charge in [-0.3, -0.25) is 14.5 Å². The van der Waals surface area contributed by atoms with Gasteiger partial charge in [0, 0.05) is 5.69 Å². The zero-order valence-corrected chi connectivity index (χ0v) is 10.6. The standard InChI is InChI=1S/C14H17NO4/c16-13(10-19-9-11-6-7-11)15(8-14(17)18)12-4-2-1-3-5-12/h1-5,11H,6-10H2,(H,17,18). The molecule has 1 fully saturated rings. The van der Waals surface area contributed by atoms with Crippen molar-refractivity contribution in [3.63, 3.8) is 0 Å². The number of rotatable bonds is 7. The van der Waals surface area contributed by atoms with Crippen LogP contribution in [0.4, 0.5) is 5.69 Å². The van der Waals surface area contributed by atoms with E-state index < -0.39 is 5.97 Å². The van der Waals surface area contributed by atoms with Gasteiger partial charge in [-0.15, -0.1) is 0 Å². The minimum Gasteiger partial charge on any atom is -0.480 e. The Morgan fingerprint density at radius 3 is 2.53 bits per heavy atom. The molecule has 0 unspecified atom stereocenters. The third kappa shape index (κ3) is 4.37. The monoisotopic (exact) mass is 263 g/mol. The summed E-state index contributed by atoms with van der Waals surface area (Å²) >= 11 is 0. The highest BCUT2D eigenvalue weighted by Gasteiger charge is 2.23. The van der Waals surface area contributed by atoms with Gasteiger partial charge in [-0.1, -0.05) is 18.2 Å². The maximum Gasteiger partial charge on any atom is 0.323 e. The van der Waals surface area contributed by atoms with Gasteiger partial charge in [0.25, 0.3) is 5.91 Å². The molecule has 1 aromatic rings. The average Bonchev–Trinajstić information content (AvgIpc) is 3.21. The van der Waals surface area contributed by atoms with Crippen LogP contribution in [0.3, 0.4) is 0 Å². The number of carbonyl (C=O) groups is 2. The van der Waals surface area contributed by atoms with Gasteiger partial charge in [-0.2, -0.15) is 0 Å². The molecule has 0 saturated heterocycles. The van der Waals surface area contributed by atoms with Crippen LogP contribution >= 0.6 is 0 Å². The quantitative estimate of drug-likeness (QED) is 0.810. The van der Waals surface area contributed by atoms with E-state index in [1.165, 1.54) is 4.90 Å². The van der Waals surface area contributed by atoms with Crippen LogP contribution in [-0.4, -0.2) is 36.7 Å². The summed E-state index contributed by atoms with van der Waals surface area (Å²) < 4.78 is 5.32. The lowest BCUT2D eigenvalue weighted by molar-refractivity contribution is -0.137. The Bertz CT molecular complexity index is 442. The molecule has 0 bridgehead atoms. The topological polar surface area (TPSA) is 66.8 Å². The van der Waals surface area contributed by atoms with Crippen LogP contribution in [0.25, 0.3) is 0 Å². The number of carbonyl (C=O) groups excluding carboxylic acids is 1. The minimum absolute atomic E-state index is 0.0708. The van der Waals surface area contributed by atoms with E-state index in [1.807, 2.05) is 6.07 Å². The van der Waals surface area contributed by atoms with Crippen LogP contribution in [-0.2, 0) is 14.3 Å². The Morgan fingerprint density at radius 2 is 1.95 bits per heavy atom. The van der Waals surface area contributed by atoms with E-state index in [1.54, 1.807) is 24.3 Å². The summed E-state index contributed by atoms with van der Waals surface area (Å²) in [7, 11) is 0. The molecule has 0 aromatic heterocycles. The fourth-order valence-corrected chi connectivity index (χ4v) is 1.74. The first kappa shape index (κ1) is 13.5. The number of carboxylic acid groups (broad SMARTS) is 1. The summed E-state index contributed by atoms with van der Waals surface area (Å²) in [5.41, 5.74) is 0.574. The van der Waals surface area contributed by atoms with E-state index in [0.29, 0.717) is 18.2 Å². The van der Waals surface area contributed by atoms with Crippen LogP contribution in [0.5, 0.6) is 0 Å². The molecule has 1 aromatic carbocycles. The summed E-state index contributed by atoms with van der Waals surface area (Å²) in [6, 6.07) is 8.77. The Labute approximate surface area is 111 Å². The Morgan fingerprint density at radius 1 is 1.26 bits per heavy atom. The highest BCUT2D eigenvalue weighted by molar-refractivity contribution is 5.98. The minimum atomic E-state index is -1.04. The number of benzene rings is 1. The largest absolute Gasteiger partial charge is 0.480 e. The van der Waals surface area contributed by atoms with E-state index in [2.05, 4.69) is 0 Å². The van der Waals surface area contributed by atoms with Gasteiger partial charge >= 0.3 is 5.97 Å². The Balaban J connectivity index is 1.95. The number of hydrogen-bond acceptors (Lipinski definition) is 3. The third-order valence-corrected chi connectivity index (χ3v) is 2.94. The maximum atomic E-state index is 12.0. The predicted octanol–water partition coefficient (Wildman–Crippen LogP) is 1.53. The first-order chi connectivity index (χ1) is 9.16. The average molecular weight is 263 g/mol. The maximum absolute atomic E-state index is 12.0. The first-order valence-corrected chi connectivity index (χ1v) is 6.32. The second kappa shape index (κ2) is 6.33. The van der Waals surface area contributed by atoms with Crippen molar-refractivity contribution in [2.75, 3.05) is 24.7 Å². The fraction of sp³-hybridized carbons (Fsp3) is 0.429. The molecule has 5 heteroatoms. The van der Waals surface area contributed by atoms with Crippen molar-refractivity contribution in [3.05, 3.63) is 30.3 Å². The van der Waals surface area contributed by atoms with E-state index in [0.717, 1.165) is 12.8 Å². The van der Waals surface area contributed by atoms with Crippen LogP contribution in [0.1, 0.15) is 12.8 Å². The molecule has 1 aliphatic rings. The summed E-state index contributed by atoms with van der Waals surface area (Å²) in [4.78, 5) is 24.1. The Kier molecular flexibility index (Phi) is 4.52. The Hall–Kier alpha value is -1.88. The van der Waals surface area contributed by atoms with Crippen molar-refractivity contribution in [3.8, 4) is 0 Å². The van der Waals surface area contributed by atoms with Crippen LogP contribution in [0, 0.1) is 5.92 Å². The molecule has 0 spiro atoms. The molecule has 0 heterocycles. The van der Waals surface area contributed by atoms with Gasteiger partial charge < -0.3 is 9.84 Å². The summed E-state index contributed by atoms with van der Waals surface area (Å²) in [6.07, 6.45) is 2.32. The van der Waals surface area contributed by atoms with Gasteiger partial charge in [0.1, 0.15) is 13.2 Å². The van der Waals surface area contributed by atoms with Crippen molar-refractivity contribution in [1.82, 2.24) is 0 Å². The van der Waals surface area contributed by atoms with Crippen LogP contribution in [0.15, 0.2) is 30.3 Å². The lowest BCUT2D eigenvalue weighted by Crippen LogP contribution is -2.38. The number of aliphatic carboxylic acids is 1. The van der Waals surface area contributed by atoms with E-state index in [-0.39, 0.29) is 19.1 Å². The number of para-hydroxylation sites is 1. The molecule has 1 N–H and O–H groups in total. The zero-order chi connectivity index (χ0) is 13.7. The third-order valence-electron chi connectivity index (χ3n) is 2.94. The van der Waals surface area contributed by atoms with Crippen molar-refractivity contribution < 1.29 is 19.4 Å². The van der Waals surface area contributed by atoms with Crippen molar-refractivity contribution >= 4 is 17.6 Å². The van der Waals surface area contributed by atoms with Gasteiger partial charge in [-0.25, -0.2) is 0 Å². The zero-order valence-electron chi connectivity index (χ0n) is 10.6. The number of anilines is 1. The summed E-state index contributed by atoms with van der Waals surface area (Å²) in [6.45, 7) is 0.162. The molecular formula is C14H17NO4. The molecular weight excluding hydrogens is 246 g/mol. The molecule has 19 heavy (non-hydrogen) atoms. The number of carboxylic acids is 1. The smallest absolute Gasteiger partial charge is 0.323 e. The molecule has 5 nitrogen and oxygen atoms in total. The molecule has 1 aliphatic carbocycles. The van der Waals surface area contributed by atoms with Crippen LogP contribution < -0.4 is 4.90 Å². The number of ether oxygens (including phenoxy) is 1. The molecule has 0 atom stereocenters. The van der Waals surface area contributed by atoms with Gasteiger partial charge in [-0.05, 0) is 30.9 Å². The SMILES string of the molecule is O=C(O)CN(C(=O)COCC1CC1)c1ccccc1. The molecule has 102 valence electrons. The summed E-state index contributed by atoms with van der Waals surface area (Å²) in [5, 5.41) is 8.88. The highest BCUT2D eigenvalue weighted by atomic mass is 16.5. The normalized spacial score (nSPS) is 14.1. The predicted molar refractivity (Wildman–Crippen MR) is 70.0 cm³/mol. The van der Waals surface area contributed by atoms with E-state index >= 15 is 0 Å². The van der Waals surface area contributed by atoms with Crippen LogP contribution in [0.2, 0.25) is 0 Å². The molecule has 2 rings (SSSR count). The van der Waals surface area contributed by atoms with Crippen molar-refractivity contribution in [2.24, 2.45) is 5.92 Å². The number of amides is 1. The van der Waals surface area contributed by atoms with E-state index in [4.69, 9.17) is 9.84 Å². The van der Waals surface area contributed by atoms with E-state index in [9.17, 15) is 9.59 Å². The second-order valence-electron chi connectivity index (χ2n) is 4.67. The lowest BCUT2D eigenvalue weighted by atomic mass is 10.3. The lowest BCUT2D eigenvalue weighted by Gasteiger charge is -2.20. The van der Waals surface area contributed by atoms with Crippen molar-refractivity contribution in [2.45, 2.75) is 12.8 Å². The second-order valence-corrected chi connectivity index (χ2v) is 4.67. The molecule has 1 amide bonds. The molecule has 1 saturated carbocycles. The van der Waals surface area contributed by atoms with Gasteiger partial charge in [0.05, 0.1) is 6.61 Å².